The average molecular weight is 267 g/mol. The van der Waals surface area contributed by atoms with Crippen LogP contribution in [-0.4, -0.2) is 22.0 Å². The van der Waals surface area contributed by atoms with E-state index < -0.39 is 0 Å². The van der Waals surface area contributed by atoms with Crippen molar-refractivity contribution in [2.24, 2.45) is 7.05 Å². The zero-order valence-electron chi connectivity index (χ0n) is 9.38. The van der Waals surface area contributed by atoms with E-state index in [2.05, 4.69) is 22.9 Å². The van der Waals surface area contributed by atoms with Gasteiger partial charge >= 0.3 is 0 Å². The van der Waals surface area contributed by atoms with E-state index in [1.807, 2.05) is 23.2 Å². The predicted octanol–water partition coefficient (Wildman–Crippen LogP) is 1.74. The Hall–Kier alpha value is -1.27. The van der Waals surface area contributed by atoms with Gasteiger partial charge in [0.25, 0.3) is 5.91 Å². The van der Waals surface area contributed by atoms with Crippen LogP contribution in [0, 0.1) is 0 Å². The molecule has 0 aliphatic rings. The van der Waals surface area contributed by atoms with Gasteiger partial charge in [-0.2, -0.15) is 0 Å². The van der Waals surface area contributed by atoms with Gasteiger partial charge < -0.3 is 9.88 Å². The number of thiol groups is 1. The number of nitrogens with one attached hydrogen (secondary N) is 1. The minimum absolute atomic E-state index is 0.0514. The lowest BCUT2D eigenvalue weighted by Crippen LogP contribution is -2.25. The number of carbonyl (C=O) groups excluding carboxylic acids is 1. The maximum atomic E-state index is 11.7. The summed E-state index contributed by atoms with van der Waals surface area (Å²) in [6, 6.07) is 1.77. The Morgan fingerprint density at radius 2 is 2.47 bits per heavy atom. The fraction of sp³-hybridized carbons (Fsp3) is 0.273. The maximum Gasteiger partial charge on any atom is 0.261 e. The fourth-order valence-electron chi connectivity index (χ4n) is 1.46. The Kier molecular flexibility index (Phi) is 3.86. The first-order chi connectivity index (χ1) is 8.16. The van der Waals surface area contributed by atoms with Crippen molar-refractivity contribution in [2.45, 2.75) is 11.3 Å². The van der Waals surface area contributed by atoms with Crippen LogP contribution >= 0.6 is 24.0 Å². The fourth-order valence-corrected chi connectivity index (χ4v) is 2.52. The van der Waals surface area contributed by atoms with E-state index in [0.29, 0.717) is 11.4 Å². The van der Waals surface area contributed by atoms with Gasteiger partial charge in [0, 0.05) is 42.7 Å². The molecule has 2 heterocycles. The molecule has 0 aliphatic heterocycles. The Morgan fingerprint density at radius 3 is 3.06 bits per heavy atom. The van der Waals surface area contributed by atoms with Crippen LogP contribution in [0.15, 0.2) is 28.7 Å². The Morgan fingerprint density at radius 1 is 1.65 bits per heavy atom. The zero-order valence-corrected chi connectivity index (χ0v) is 11.1. The molecule has 1 N–H and O–H groups in total. The third-order valence-electron chi connectivity index (χ3n) is 2.36. The normalized spacial score (nSPS) is 10.5. The van der Waals surface area contributed by atoms with Gasteiger partial charge in [-0.05, 0) is 6.07 Å². The number of aryl methyl sites for hydroxylation is 1. The predicted molar refractivity (Wildman–Crippen MR) is 70.8 cm³/mol. The molecule has 4 nitrogen and oxygen atoms in total. The minimum Gasteiger partial charge on any atom is -0.351 e. The van der Waals surface area contributed by atoms with Crippen LogP contribution in [0.5, 0.6) is 0 Å². The number of hydrogen-bond acceptors (Lipinski definition) is 4. The molecule has 0 aromatic carbocycles. The lowest BCUT2D eigenvalue weighted by molar-refractivity contribution is 0.0958. The largest absolute Gasteiger partial charge is 0.351 e. The first-order valence-corrected chi connectivity index (χ1v) is 6.51. The topological polar surface area (TPSA) is 46.9 Å². The first-order valence-electron chi connectivity index (χ1n) is 5.18. The van der Waals surface area contributed by atoms with Gasteiger partial charge in [0.1, 0.15) is 5.82 Å². The molecule has 6 heteroatoms. The summed E-state index contributed by atoms with van der Waals surface area (Å²) in [4.78, 5) is 17.4. The van der Waals surface area contributed by atoms with Gasteiger partial charge in [-0.25, -0.2) is 4.98 Å². The molecule has 2 aromatic rings. The number of carbonyl (C=O) groups is 1. The molecule has 0 fully saturated rings. The second kappa shape index (κ2) is 5.37. The van der Waals surface area contributed by atoms with E-state index in [1.165, 1.54) is 11.3 Å². The number of imidazole rings is 1. The van der Waals surface area contributed by atoms with E-state index in [4.69, 9.17) is 0 Å². The lowest BCUT2D eigenvalue weighted by atomic mass is 10.3. The molecule has 0 unspecified atom stereocenters. The molecule has 0 bridgehead atoms. The molecule has 0 spiro atoms. The summed E-state index contributed by atoms with van der Waals surface area (Å²) in [7, 11) is 1.94. The van der Waals surface area contributed by atoms with Gasteiger partial charge in [-0.3, -0.25) is 4.79 Å². The highest BCUT2D eigenvalue weighted by molar-refractivity contribution is 7.80. The van der Waals surface area contributed by atoms with E-state index in [9.17, 15) is 4.79 Å². The molecule has 0 saturated heterocycles. The zero-order chi connectivity index (χ0) is 12.3. The number of aromatic nitrogens is 2. The summed E-state index contributed by atoms with van der Waals surface area (Å²) in [5.74, 6) is 0.913. The van der Waals surface area contributed by atoms with Crippen molar-refractivity contribution < 1.29 is 4.79 Å². The van der Waals surface area contributed by atoms with Crippen molar-refractivity contribution in [1.29, 1.82) is 0 Å². The summed E-state index contributed by atoms with van der Waals surface area (Å²) in [6.45, 7) is 0.587. The Labute approximate surface area is 109 Å². The molecular formula is C11H13N3OS2. The summed E-state index contributed by atoms with van der Waals surface area (Å²) in [6.07, 6.45) is 4.38. The first kappa shape index (κ1) is 12.2. The summed E-state index contributed by atoms with van der Waals surface area (Å²) >= 11 is 5.57. The number of nitrogens with zero attached hydrogens (tertiary/aromatic N) is 2. The van der Waals surface area contributed by atoms with Gasteiger partial charge in [0.2, 0.25) is 0 Å². The summed E-state index contributed by atoms with van der Waals surface area (Å²) in [5, 5.41) is 4.71. The Bertz CT molecular complexity index is 518. The van der Waals surface area contributed by atoms with Crippen molar-refractivity contribution in [3.8, 4) is 0 Å². The molecule has 0 radical (unpaired) electrons. The molecule has 2 rings (SSSR count). The van der Waals surface area contributed by atoms with E-state index >= 15 is 0 Å². The number of hydrogen-bond donors (Lipinski definition) is 2. The third kappa shape index (κ3) is 3.10. The number of amides is 1. The summed E-state index contributed by atoms with van der Waals surface area (Å²) < 4.78 is 1.95. The van der Waals surface area contributed by atoms with Gasteiger partial charge in [-0.1, -0.05) is 0 Å². The van der Waals surface area contributed by atoms with Crippen molar-refractivity contribution in [3.63, 3.8) is 0 Å². The van der Waals surface area contributed by atoms with Crippen LogP contribution in [0.2, 0.25) is 0 Å². The average Bonchev–Trinajstić information content (AvgIpc) is 2.88. The molecule has 17 heavy (non-hydrogen) atoms. The molecule has 0 atom stereocenters. The maximum absolute atomic E-state index is 11.7. The second-order valence-electron chi connectivity index (χ2n) is 3.63. The van der Waals surface area contributed by atoms with E-state index in [1.54, 1.807) is 12.3 Å². The highest BCUT2D eigenvalue weighted by Gasteiger charge is 2.07. The number of thiophene rings is 1. The van der Waals surface area contributed by atoms with Crippen LogP contribution < -0.4 is 5.32 Å². The highest BCUT2D eigenvalue weighted by Crippen LogP contribution is 2.17. The summed E-state index contributed by atoms with van der Waals surface area (Å²) in [5.41, 5.74) is 0. The van der Waals surface area contributed by atoms with Crippen LogP contribution in [-0.2, 0) is 13.5 Å². The van der Waals surface area contributed by atoms with Gasteiger partial charge in [0.05, 0.1) is 4.88 Å². The van der Waals surface area contributed by atoms with Crippen LogP contribution in [0.25, 0.3) is 0 Å². The molecule has 0 saturated carbocycles. The molecule has 1 amide bonds. The standard InChI is InChI=1S/C11H13N3OS2/c1-14-5-4-12-10(14)2-3-13-11(15)9-6-8(16)7-17-9/h4-7,16H,2-3H2,1H3,(H,13,15). The van der Waals surface area contributed by atoms with Gasteiger partial charge in [0.15, 0.2) is 0 Å². The quantitative estimate of drug-likeness (QED) is 0.829. The van der Waals surface area contributed by atoms with Crippen molar-refractivity contribution >= 4 is 29.9 Å². The molecule has 90 valence electrons. The molecule has 0 aliphatic carbocycles. The monoisotopic (exact) mass is 267 g/mol. The molecular weight excluding hydrogens is 254 g/mol. The van der Waals surface area contributed by atoms with Crippen LogP contribution in [0.1, 0.15) is 15.5 Å². The van der Waals surface area contributed by atoms with Crippen molar-refractivity contribution in [2.75, 3.05) is 6.54 Å². The highest BCUT2D eigenvalue weighted by atomic mass is 32.1. The smallest absolute Gasteiger partial charge is 0.261 e. The second-order valence-corrected chi connectivity index (χ2v) is 5.06. The van der Waals surface area contributed by atoms with E-state index in [0.717, 1.165) is 17.1 Å². The van der Waals surface area contributed by atoms with Crippen LogP contribution in [0.4, 0.5) is 0 Å². The van der Waals surface area contributed by atoms with Crippen molar-refractivity contribution in [3.05, 3.63) is 34.5 Å². The SMILES string of the molecule is Cn1ccnc1CCNC(=O)c1cc(S)cs1. The Balaban J connectivity index is 1.83. The van der Waals surface area contributed by atoms with E-state index in [-0.39, 0.29) is 5.91 Å². The van der Waals surface area contributed by atoms with Gasteiger partial charge in [-0.15, -0.1) is 24.0 Å². The van der Waals surface area contributed by atoms with Crippen molar-refractivity contribution in [1.82, 2.24) is 14.9 Å². The third-order valence-corrected chi connectivity index (χ3v) is 3.73. The molecule has 2 aromatic heterocycles. The van der Waals surface area contributed by atoms with Crippen LogP contribution in [0.3, 0.4) is 0 Å². The number of rotatable bonds is 4. The lowest BCUT2D eigenvalue weighted by Gasteiger charge is -2.03. The minimum atomic E-state index is -0.0514.